The summed E-state index contributed by atoms with van der Waals surface area (Å²) >= 11 is 5.97. The Morgan fingerprint density at radius 1 is 1.28 bits per heavy atom. The van der Waals surface area contributed by atoms with Crippen molar-refractivity contribution in [3.05, 3.63) is 69.2 Å². The van der Waals surface area contributed by atoms with E-state index in [1.54, 1.807) is 43.5 Å². The van der Waals surface area contributed by atoms with Crippen LogP contribution in [0.3, 0.4) is 0 Å². The van der Waals surface area contributed by atoms with Gasteiger partial charge in [0.25, 0.3) is 5.56 Å². The van der Waals surface area contributed by atoms with Crippen molar-refractivity contribution < 1.29 is 9.53 Å². The Kier molecular flexibility index (Phi) is 6.98. The van der Waals surface area contributed by atoms with Gasteiger partial charge in [0.15, 0.2) is 0 Å². The lowest BCUT2D eigenvalue weighted by atomic mass is 10.2. The number of hydrogen-bond donors (Lipinski definition) is 2. The molecule has 3 rings (SSSR count). The van der Waals surface area contributed by atoms with Crippen LogP contribution in [0.5, 0.6) is 0 Å². The number of nitrogens with zero attached hydrogens (tertiary/aromatic N) is 2. The van der Waals surface area contributed by atoms with E-state index in [1.807, 2.05) is 17.9 Å². The molecule has 0 unspecified atom stereocenters. The predicted octanol–water partition coefficient (Wildman–Crippen LogP) is 2.97. The smallest absolute Gasteiger partial charge is 0.258 e. The molecule has 0 atom stereocenters. The number of aromatic nitrogens is 2. The number of carbonyl (C=O) groups is 1. The maximum Gasteiger partial charge on any atom is 0.258 e. The van der Waals surface area contributed by atoms with E-state index in [1.165, 1.54) is 0 Å². The summed E-state index contributed by atoms with van der Waals surface area (Å²) in [6.45, 7) is 3.29. The summed E-state index contributed by atoms with van der Waals surface area (Å²) < 4.78 is 5.16. The van der Waals surface area contributed by atoms with Crippen molar-refractivity contribution in [2.75, 3.05) is 32.1 Å². The topological polar surface area (TPSA) is 87.3 Å². The molecule has 0 saturated carbocycles. The molecule has 152 valence electrons. The standard InChI is InChI=1S/C21H23ClN4O3/c1-14-11-15(22)7-8-17(14)24-20(27)13-26(9-10-29-2)12-19-23-18-6-4-3-5-16(18)21(28)25-19/h3-8,11H,9-10,12-13H2,1-2H3,(H,24,27)(H,23,25,28). The minimum absolute atomic E-state index is 0.127. The Morgan fingerprint density at radius 2 is 2.07 bits per heavy atom. The predicted molar refractivity (Wildman–Crippen MR) is 114 cm³/mol. The van der Waals surface area contributed by atoms with Gasteiger partial charge in [0.05, 0.1) is 30.6 Å². The van der Waals surface area contributed by atoms with Crippen molar-refractivity contribution in [3.8, 4) is 0 Å². The van der Waals surface area contributed by atoms with E-state index in [4.69, 9.17) is 16.3 Å². The number of benzene rings is 2. The summed E-state index contributed by atoms with van der Waals surface area (Å²) in [5.41, 5.74) is 2.02. The third-order valence-electron chi connectivity index (χ3n) is 4.48. The number of aryl methyl sites for hydroxylation is 1. The monoisotopic (exact) mass is 414 g/mol. The largest absolute Gasteiger partial charge is 0.383 e. The van der Waals surface area contributed by atoms with Crippen LogP contribution in [0.25, 0.3) is 10.9 Å². The number of halogens is 1. The molecule has 1 heterocycles. The average Bonchev–Trinajstić information content (AvgIpc) is 2.68. The fourth-order valence-corrected chi connectivity index (χ4v) is 3.24. The zero-order valence-corrected chi connectivity index (χ0v) is 17.1. The van der Waals surface area contributed by atoms with E-state index in [2.05, 4.69) is 15.3 Å². The third-order valence-corrected chi connectivity index (χ3v) is 4.71. The number of fused-ring (bicyclic) bond motifs is 1. The van der Waals surface area contributed by atoms with E-state index in [-0.39, 0.29) is 18.0 Å². The molecule has 2 aromatic carbocycles. The lowest BCUT2D eigenvalue weighted by molar-refractivity contribution is -0.117. The maximum atomic E-state index is 12.6. The number of amides is 1. The molecule has 0 spiro atoms. The van der Waals surface area contributed by atoms with Gasteiger partial charge in [-0.15, -0.1) is 0 Å². The summed E-state index contributed by atoms with van der Waals surface area (Å²) in [6, 6.07) is 12.5. The zero-order chi connectivity index (χ0) is 20.8. The van der Waals surface area contributed by atoms with Crippen LogP contribution in [0, 0.1) is 6.92 Å². The first kappa shape index (κ1) is 21.0. The van der Waals surface area contributed by atoms with Crippen molar-refractivity contribution in [2.24, 2.45) is 0 Å². The number of ether oxygens (including phenoxy) is 1. The minimum Gasteiger partial charge on any atom is -0.383 e. The van der Waals surface area contributed by atoms with Crippen molar-refractivity contribution in [1.82, 2.24) is 14.9 Å². The van der Waals surface area contributed by atoms with Gasteiger partial charge in [-0.3, -0.25) is 14.5 Å². The van der Waals surface area contributed by atoms with Gasteiger partial charge in [0.2, 0.25) is 5.91 Å². The molecule has 0 radical (unpaired) electrons. The molecular formula is C21H23ClN4O3. The molecule has 7 nitrogen and oxygen atoms in total. The number of H-pyrrole nitrogens is 1. The highest BCUT2D eigenvalue weighted by Gasteiger charge is 2.14. The van der Waals surface area contributed by atoms with Gasteiger partial charge in [0, 0.05) is 24.4 Å². The lowest BCUT2D eigenvalue weighted by Gasteiger charge is -2.21. The van der Waals surface area contributed by atoms with Crippen LogP contribution >= 0.6 is 11.6 Å². The van der Waals surface area contributed by atoms with Crippen LogP contribution < -0.4 is 10.9 Å². The molecule has 0 fully saturated rings. The summed E-state index contributed by atoms with van der Waals surface area (Å²) in [5, 5.41) is 4.06. The molecule has 0 bridgehead atoms. The Morgan fingerprint density at radius 3 is 2.83 bits per heavy atom. The number of para-hydroxylation sites is 1. The number of methoxy groups -OCH3 is 1. The molecule has 0 aliphatic rings. The first-order valence-corrected chi connectivity index (χ1v) is 9.59. The first-order chi connectivity index (χ1) is 14.0. The Labute approximate surface area is 173 Å². The molecule has 1 amide bonds. The highest BCUT2D eigenvalue weighted by molar-refractivity contribution is 6.30. The fraction of sp³-hybridized carbons (Fsp3) is 0.286. The molecule has 1 aromatic heterocycles. The van der Waals surface area contributed by atoms with Crippen LogP contribution in [-0.4, -0.2) is 47.6 Å². The van der Waals surface area contributed by atoms with E-state index < -0.39 is 0 Å². The quantitative estimate of drug-likeness (QED) is 0.591. The van der Waals surface area contributed by atoms with Crippen molar-refractivity contribution in [1.29, 1.82) is 0 Å². The number of rotatable bonds is 8. The average molecular weight is 415 g/mol. The number of hydrogen-bond acceptors (Lipinski definition) is 5. The van der Waals surface area contributed by atoms with Crippen LogP contribution in [0.1, 0.15) is 11.4 Å². The second kappa shape index (κ2) is 9.65. The normalized spacial score (nSPS) is 11.2. The number of aromatic amines is 1. The van der Waals surface area contributed by atoms with Gasteiger partial charge in [-0.2, -0.15) is 0 Å². The van der Waals surface area contributed by atoms with Crippen LogP contribution in [0.2, 0.25) is 5.02 Å². The van der Waals surface area contributed by atoms with Crippen molar-refractivity contribution in [2.45, 2.75) is 13.5 Å². The highest BCUT2D eigenvalue weighted by atomic mass is 35.5. The number of anilines is 1. The molecule has 0 aliphatic heterocycles. The molecule has 29 heavy (non-hydrogen) atoms. The van der Waals surface area contributed by atoms with Gasteiger partial charge in [-0.05, 0) is 42.8 Å². The fourth-order valence-electron chi connectivity index (χ4n) is 3.02. The van der Waals surface area contributed by atoms with Gasteiger partial charge < -0.3 is 15.0 Å². The van der Waals surface area contributed by atoms with Gasteiger partial charge in [-0.25, -0.2) is 4.98 Å². The molecule has 3 aromatic rings. The van der Waals surface area contributed by atoms with Crippen LogP contribution in [-0.2, 0) is 16.1 Å². The van der Waals surface area contributed by atoms with Gasteiger partial charge in [0.1, 0.15) is 5.82 Å². The van der Waals surface area contributed by atoms with E-state index >= 15 is 0 Å². The summed E-state index contributed by atoms with van der Waals surface area (Å²) in [5.74, 6) is 0.329. The zero-order valence-electron chi connectivity index (χ0n) is 16.4. The molecule has 0 saturated heterocycles. The Bertz CT molecular complexity index is 1070. The molecule has 8 heteroatoms. The molecule has 2 N–H and O–H groups in total. The number of nitrogens with one attached hydrogen (secondary N) is 2. The van der Waals surface area contributed by atoms with E-state index in [0.717, 1.165) is 5.56 Å². The van der Waals surface area contributed by atoms with Gasteiger partial charge in [-0.1, -0.05) is 23.7 Å². The number of carbonyl (C=O) groups excluding carboxylic acids is 1. The molecular weight excluding hydrogens is 392 g/mol. The minimum atomic E-state index is -0.196. The SMILES string of the molecule is COCCN(CC(=O)Nc1ccc(Cl)cc1C)Cc1nc2ccccc2c(=O)[nH]1. The Hall–Kier alpha value is -2.74. The second-order valence-electron chi connectivity index (χ2n) is 6.74. The van der Waals surface area contributed by atoms with E-state index in [0.29, 0.717) is 47.1 Å². The lowest BCUT2D eigenvalue weighted by Crippen LogP contribution is -2.36. The third kappa shape index (κ3) is 5.63. The second-order valence-corrected chi connectivity index (χ2v) is 7.18. The van der Waals surface area contributed by atoms with E-state index in [9.17, 15) is 9.59 Å². The van der Waals surface area contributed by atoms with Crippen molar-refractivity contribution >= 4 is 34.1 Å². The summed E-state index contributed by atoms with van der Waals surface area (Å²) in [4.78, 5) is 34.1. The molecule has 0 aliphatic carbocycles. The summed E-state index contributed by atoms with van der Waals surface area (Å²) in [7, 11) is 1.60. The van der Waals surface area contributed by atoms with Crippen LogP contribution in [0.4, 0.5) is 5.69 Å². The Balaban J connectivity index is 1.74. The van der Waals surface area contributed by atoms with Gasteiger partial charge >= 0.3 is 0 Å². The highest BCUT2D eigenvalue weighted by Crippen LogP contribution is 2.19. The first-order valence-electron chi connectivity index (χ1n) is 9.21. The maximum absolute atomic E-state index is 12.6. The summed E-state index contributed by atoms with van der Waals surface area (Å²) in [6.07, 6.45) is 0. The van der Waals surface area contributed by atoms with Crippen molar-refractivity contribution in [3.63, 3.8) is 0 Å². The van der Waals surface area contributed by atoms with Crippen LogP contribution in [0.15, 0.2) is 47.3 Å².